The van der Waals surface area contributed by atoms with Crippen LogP contribution in [-0.2, 0) is 42.9 Å². The van der Waals surface area contributed by atoms with Gasteiger partial charge in [-0.2, -0.15) is 0 Å². The average Bonchev–Trinajstić information content (AvgIpc) is 3.00. The molecule has 282 valence electrons. The van der Waals surface area contributed by atoms with Crippen molar-refractivity contribution in [2.75, 3.05) is 33.0 Å². The Balaban J connectivity index is 0. The third kappa shape index (κ3) is 34.8. The van der Waals surface area contributed by atoms with Crippen LogP contribution in [0.4, 0.5) is 0 Å². The van der Waals surface area contributed by atoms with Gasteiger partial charge in [0.2, 0.25) is 11.8 Å². The summed E-state index contributed by atoms with van der Waals surface area (Å²) in [6, 6.07) is -0.491. The summed E-state index contributed by atoms with van der Waals surface area (Å²) in [5.74, 6) is -0.854. The molecule has 0 heterocycles. The molecule has 0 saturated heterocycles. The molecule has 0 aliphatic carbocycles. The smallest absolute Gasteiger partial charge is 0.302 e. The summed E-state index contributed by atoms with van der Waals surface area (Å²) in [6.45, 7) is 11.6. The summed E-state index contributed by atoms with van der Waals surface area (Å²) in [5, 5.41) is 14.4. The van der Waals surface area contributed by atoms with Crippen LogP contribution >= 0.6 is 0 Å². The maximum absolute atomic E-state index is 11.2. The molecule has 0 radical (unpaired) electrons. The molecule has 0 fully saturated rings. The van der Waals surface area contributed by atoms with Gasteiger partial charge >= 0.3 is 11.9 Å². The summed E-state index contributed by atoms with van der Waals surface area (Å²) in [7, 11) is 0. The fourth-order valence-electron chi connectivity index (χ4n) is 5.04. The standard InChI is InChI=1S/C18H35NO5.C18H33NO5/c2*1-4-5-6-7-8-9-18(24-16(3)22)11-13-23-14-17(10-12-20)19-15(2)21/h17-18,20H,4-14H2,1-3H3,(H,19,21);12,17-18H,4-11,13-14H2,1-3H3,(H,19,21)/t2*17-,18+/m00/s1. The lowest BCUT2D eigenvalue weighted by molar-refractivity contribution is -0.148. The Morgan fingerprint density at radius 1 is 0.604 bits per heavy atom. The van der Waals surface area contributed by atoms with Gasteiger partial charge in [-0.15, -0.1) is 0 Å². The van der Waals surface area contributed by atoms with Gasteiger partial charge in [-0.05, 0) is 32.1 Å². The number of carbonyl (C=O) groups is 5. The van der Waals surface area contributed by atoms with E-state index in [1.165, 1.54) is 66.2 Å². The van der Waals surface area contributed by atoms with Gasteiger partial charge in [-0.25, -0.2) is 0 Å². The van der Waals surface area contributed by atoms with Crippen molar-refractivity contribution in [2.24, 2.45) is 0 Å². The number of esters is 2. The molecule has 0 spiro atoms. The molecule has 0 aromatic carbocycles. The number of aliphatic hydroxyl groups is 1. The second-order valence-electron chi connectivity index (χ2n) is 12.3. The van der Waals surface area contributed by atoms with E-state index in [2.05, 4.69) is 24.5 Å². The van der Waals surface area contributed by atoms with Crippen molar-refractivity contribution < 1.29 is 48.0 Å². The Labute approximate surface area is 290 Å². The Morgan fingerprint density at radius 2 is 1.02 bits per heavy atom. The van der Waals surface area contributed by atoms with E-state index in [9.17, 15) is 24.0 Å². The number of unbranched alkanes of at least 4 members (excludes halogenated alkanes) is 8. The molecule has 0 aliphatic heterocycles. The highest BCUT2D eigenvalue weighted by molar-refractivity contribution is 5.73. The van der Waals surface area contributed by atoms with E-state index in [4.69, 9.17) is 24.1 Å². The number of nitrogens with one attached hydrogen (secondary N) is 2. The molecule has 12 heteroatoms. The molecule has 3 N–H and O–H groups in total. The van der Waals surface area contributed by atoms with Crippen molar-refractivity contribution in [3.63, 3.8) is 0 Å². The Bertz CT molecular complexity index is 827. The normalized spacial score (nSPS) is 13.2. The first-order valence-corrected chi connectivity index (χ1v) is 18.1. The molecule has 0 aliphatic rings. The van der Waals surface area contributed by atoms with Crippen LogP contribution in [-0.4, -0.2) is 92.5 Å². The lowest BCUT2D eigenvalue weighted by Gasteiger charge is -2.19. The highest BCUT2D eigenvalue weighted by atomic mass is 16.5. The zero-order valence-corrected chi connectivity index (χ0v) is 30.9. The van der Waals surface area contributed by atoms with Crippen LogP contribution in [0.15, 0.2) is 0 Å². The number of hydrogen-bond donors (Lipinski definition) is 3. The monoisotopic (exact) mass is 688 g/mol. The highest BCUT2D eigenvalue weighted by Gasteiger charge is 2.15. The number of aliphatic hydroxyl groups excluding tert-OH is 1. The predicted molar refractivity (Wildman–Crippen MR) is 186 cm³/mol. The first kappa shape index (κ1) is 47.5. The first-order valence-electron chi connectivity index (χ1n) is 18.1. The number of ether oxygens (including phenoxy) is 4. The van der Waals surface area contributed by atoms with Crippen molar-refractivity contribution in [1.29, 1.82) is 0 Å². The molecule has 12 nitrogen and oxygen atoms in total. The second-order valence-corrected chi connectivity index (χ2v) is 12.3. The number of carbonyl (C=O) groups excluding carboxylic acids is 5. The van der Waals surface area contributed by atoms with Crippen LogP contribution in [0.1, 0.15) is 144 Å². The van der Waals surface area contributed by atoms with Gasteiger partial charge < -0.3 is 39.5 Å². The Hall–Kier alpha value is -2.57. The van der Waals surface area contributed by atoms with E-state index in [0.29, 0.717) is 39.1 Å². The molecule has 0 rings (SSSR count). The number of rotatable bonds is 30. The molecular formula is C36H68N2O10. The van der Waals surface area contributed by atoms with Gasteiger partial charge in [0, 0.05) is 53.6 Å². The first-order chi connectivity index (χ1) is 23.0. The summed E-state index contributed by atoms with van der Waals surface area (Å²) < 4.78 is 21.8. The van der Waals surface area contributed by atoms with E-state index < -0.39 is 0 Å². The van der Waals surface area contributed by atoms with Crippen LogP contribution in [0.5, 0.6) is 0 Å². The topological polar surface area (TPSA) is 167 Å². The maximum Gasteiger partial charge on any atom is 0.302 e. The minimum Gasteiger partial charge on any atom is -0.462 e. The summed E-state index contributed by atoms with van der Waals surface area (Å²) in [6.07, 6.45) is 15.9. The zero-order chi connectivity index (χ0) is 36.4. The van der Waals surface area contributed by atoms with Gasteiger partial charge in [0.1, 0.15) is 18.5 Å². The zero-order valence-electron chi connectivity index (χ0n) is 30.9. The van der Waals surface area contributed by atoms with Crippen molar-refractivity contribution in [2.45, 2.75) is 169 Å². The molecule has 48 heavy (non-hydrogen) atoms. The molecule has 0 aromatic heterocycles. The van der Waals surface area contributed by atoms with Crippen LogP contribution in [0.2, 0.25) is 0 Å². The lowest BCUT2D eigenvalue weighted by atomic mass is 10.1. The minimum atomic E-state index is -0.304. The van der Waals surface area contributed by atoms with Crippen LogP contribution in [0.25, 0.3) is 0 Å². The third-order valence-electron chi connectivity index (χ3n) is 7.40. The molecule has 0 bridgehead atoms. The van der Waals surface area contributed by atoms with E-state index in [1.807, 2.05) is 0 Å². The molecule has 0 aromatic rings. The number of hydrogen-bond acceptors (Lipinski definition) is 10. The van der Waals surface area contributed by atoms with E-state index >= 15 is 0 Å². The quantitative estimate of drug-likeness (QED) is 0.0509. The van der Waals surface area contributed by atoms with Gasteiger partial charge in [0.05, 0.1) is 38.5 Å². The molecule has 0 unspecified atom stereocenters. The number of amides is 2. The van der Waals surface area contributed by atoms with E-state index in [1.54, 1.807) is 0 Å². The largest absolute Gasteiger partial charge is 0.462 e. The van der Waals surface area contributed by atoms with Crippen molar-refractivity contribution in [1.82, 2.24) is 10.6 Å². The molecular weight excluding hydrogens is 620 g/mol. The maximum atomic E-state index is 11.2. The van der Waals surface area contributed by atoms with Crippen molar-refractivity contribution >= 4 is 30.0 Å². The lowest BCUT2D eigenvalue weighted by Crippen LogP contribution is -2.37. The van der Waals surface area contributed by atoms with Crippen LogP contribution in [0, 0.1) is 0 Å². The fourth-order valence-corrected chi connectivity index (χ4v) is 5.04. The second kappa shape index (κ2) is 34.3. The van der Waals surface area contributed by atoms with Crippen molar-refractivity contribution in [3.8, 4) is 0 Å². The van der Waals surface area contributed by atoms with E-state index in [-0.39, 0.29) is 67.7 Å². The van der Waals surface area contributed by atoms with Crippen molar-refractivity contribution in [3.05, 3.63) is 0 Å². The molecule has 4 atom stereocenters. The van der Waals surface area contributed by atoms with Crippen LogP contribution in [0.3, 0.4) is 0 Å². The van der Waals surface area contributed by atoms with Gasteiger partial charge in [-0.1, -0.05) is 65.2 Å². The SMILES string of the molecule is CCCCCCC[C@H](CCOC[C@H](CC=O)NC(C)=O)OC(C)=O.CCCCCCC[C@H](CCOC[C@H](CCO)NC(C)=O)OC(C)=O. The van der Waals surface area contributed by atoms with E-state index in [0.717, 1.165) is 44.8 Å². The summed E-state index contributed by atoms with van der Waals surface area (Å²) >= 11 is 0. The van der Waals surface area contributed by atoms with Gasteiger partial charge in [-0.3, -0.25) is 19.2 Å². The third-order valence-corrected chi connectivity index (χ3v) is 7.40. The highest BCUT2D eigenvalue weighted by Crippen LogP contribution is 2.14. The Kier molecular flexibility index (Phi) is 34.0. The fraction of sp³-hybridized carbons (Fsp3) is 0.861. The summed E-state index contributed by atoms with van der Waals surface area (Å²) in [5.41, 5.74) is 0. The van der Waals surface area contributed by atoms with Gasteiger partial charge in [0.15, 0.2) is 0 Å². The van der Waals surface area contributed by atoms with Crippen LogP contribution < -0.4 is 10.6 Å². The number of aldehydes is 1. The molecule has 2 amide bonds. The predicted octanol–water partition coefficient (Wildman–Crippen LogP) is 5.35. The summed E-state index contributed by atoms with van der Waals surface area (Å²) in [4.78, 5) is 55.1. The molecule has 0 saturated carbocycles. The van der Waals surface area contributed by atoms with Gasteiger partial charge in [0.25, 0.3) is 0 Å². The average molecular weight is 689 g/mol. The minimum absolute atomic E-state index is 0.00212. The Morgan fingerprint density at radius 3 is 1.40 bits per heavy atom.